The molecule has 2 saturated carbocycles. The van der Waals surface area contributed by atoms with Crippen molar-refractivity contribution in [2.45, 2.75) is 31.7 Å². The molecule has 0 unspecified atom stereocenters. The van der Waals surface area contributed by atoms with Crippen molar-refractivity contribution in [1.29, 1.82) is 5.41 Å². The van der Waals surface area contributed by atoms with E-state index in [1.54, 1.807) is 6.07 Å². The maximum absolute atomic E-state index is 7.45. The number of nitrogens with one attached hydrogen (secondary N) is 1. The molecule has 2 aliphatic carbocycles. The number of nitrogens with two attached hydrogens (primary N) is 1. The fourth-order valence-electron chi connectivity index (χ4n) is 2.13. The lowest BCUT2D eigenvalue weighted by atomic mass is 10.3. The molecule has 0 amide bonds. The summed E-state index contributed by atoms with van der Waals surface area (Å²) in [7, 11) is 0. The van der Waals surface area contributed by atoms with Gasteiger partial charge in [0.05, 0.1) is 0 Å². The van der Waals surface area contributed by atoms with Crippen LogP contribution >= 0.6 is 0 Å². The Labute approximate surface area is 101 Å². The summed E-state index contributed by atoms with van der Waals surface area (Å²) < 4.78 is 0. The Bertz CT molecular complexity index is 435. The summed E-state index contributed by atoms with van der Waals surface area (Å²) in [4.78, 5) is 6.90. The van der Waals surface area contributed by atoms with E-state index in [-0.39, 0.29) is 5.84 Å². The van der Waals surface area contributed by atoms with E-state index in [0.717, 1.165) is 18.3 Å². The number of nitrogen functional groups attached to an aromatic ring is 1. The van der Waals surface area contributed by atoms with Crippen molar-refractivity contribution in [1.82, 2.24) is 4.98 Å². The largest absolute Gasteiger partial charge is 0.382 e. The second-order valence-electron chi connectivity index (χ2n) is 5.12. The molecular formula is C13H18N4. The van der Waals surface area contributed by atoms with Gasteiger partial charge >= 0.3 is 0 Å². The number of hydrogen-bond acceptors (Lipinski definition) is 3. The van der Waals surface area contributed by atoms with Gasteiger partial charge in [0.1, 0.15) is 17.3 Å². The molecular weight excluding hydrogens is 212 g/mol. The third-order valence-corrected chi connectivity index (χ3v) is 3.44. The standard InChI is InChI=1S/C13H18N4/c14-13(15)11-2-1-3-12(16-11)17(10-6-7-10)8-9-4-5-9/h1-3,9-10H,4-8H2,(H3,14,15). The van der Waals surface area contributed by atoms with Crippen LogP contribution in [0.1, 0.15) is 31.4 Å². The van der Waals surface area contributed by atoms with Crippen molar-refractivity contribution in [3.05, 3.63) is 23.9 Å². The molecule has 0 atom stereocenters. The average molecular weight is 230 g/mol. The smallest absolute Gasteiger partial charge is 0.141 e. The Hall–Kier alpha value is -1.58. The van der Waals surface area contributed by atoms with Crippen molar-refractivity contribution in [3.63, 3.8) is 0 Å². The van der Waals surface area contributed by atoms with Crippen LogP contribution in [0.3, 0.4) is 0 Å². The molecule has 1 aromatic heterocycles. The average Bonchev–Trinajstić information content (AvgIpc) is 3.18. The molecule has 3 rings (SSSR count). The van der Waals surface area contributed by atoms with Crippen molar-refractivity contribution >= 4 is 11.7 Å². The van der Waals surface area contributed by atoms with Gasteiger partial charge in [-0.15, -0.1) is 0 Å². The lowest BCUT2D eigenvalue weighted by Gasteiger charge is -2.23. The molecule has 1 heterocycles. The fraction of sp³-hybridized carbons (Fsp3) is 0.538. The molecule has 1 aromatic rings. The van der Waals surface area contributed by atoms with E-state index in [2.05, 4.69) is 9.88 Å². The number of aromatic nitrogens is 1. The van der Waals surface area contributed by atoms with Crippen LogP contribution < -0.4 is 10.6 Å². The third kappa shape index (κ3) is 2.40. The lowest BCUT2D eigenvalue weighted by molar-refractivity contribution is 0.709. The molecule has 4 nitrogen and oxygen atoms in total. The maximum Gasteiger partial charge on any atom is 0.141 e. The normalized spacial score (nSPS) is 19.1. The van der Waals surface area contributed by atoms with Gasteiger partial charge in [-0.2, -0.15) is 0 Å². The van der Waals surface area contributed by atoms with Crippen LogP contribution in [0.25, 0.3) is 0 Å². The lowest BCUT2D eigenvalue weighted by Crippen LogP contribution is -2.29. The predicted octanol–water partition coefficient (Wildman–Crippen LogP) is 1.74. The summed E-state index contributed by atoms with van der Waals surface area (Å²) in [6.45, 7) is 1.12. The minimum absolute atomic E-state index is 0.0500. The second-order valence-corrected chi connectivity index (χ2v) is 5.12. The molecule has 90 valence electrons. The van der Waals surface area contributed by atoms with Crippen LogP contribution in [0, 0.1) is 11.3 Å². The highest BCUT2D eigenvalue weighted by atomic mass is 15.2. The Morgan fingerprint density at radius 3 is 2.71 bits per heavy atom. The van der Waals surface area contributed by atoms with Gasteiger partial charge in [-0.25, -0.2) is 4.98 Å². The number of amidine groups is 1. The number of nitrogens with zero attached hydrogens (tertiary/aromatic N) is 2. The van der Waals surface area contributed by atoms with Gasteiger partial charge in [0.2, 0.25) is 0 Å². The van der Waals surface area contributed by atoms with Gasteiger partial charge < -0.3 is 10.6 Å². The SMILES string of the molecule is N=C(N)c1cccc(N(CC2CC2)C2CC2)n1. The van der Waals surface area contributed by atoms with Gasteiger partial charge in [0, 0.05) is 12.6 Å². The number of anilines is 1. The zero-order chi connectivity index (χ0) is 11.8. The van der Waals surface area contributed by atoms with Crippen molar-refractivity contribution in [2.75, 3.05) is 11.4 Å². The Morgan fingerprint density at radius 1 is 1.35 bits per heavy atom. The predicted molar refractivity (Wildman–Crippen MR) is 68.3 cm³/mol. The van der Waals surface area contributed by atoms with Crippen LogP contribution in [0.4, 0.5) is 5.82 Å². The van der Waals surface area contributed by atoms with E-state index in [0.29, 0.717) is 11.7 Å². The van der Waals surface area contributed by atoms with E-state index < -0.39 is 0 Å². The zero-order valence-corrected chi connectivity index (χ0v) is 9.89. The van der Waals surface area contributed by atoms with Gasteiger partial charge in [-0.3, -0.25) is 5.41 Å². The molecule has 17 heavy (non-hydrogen) atoms. The van der Waals surface area contributed by atoms with E-state index in [1.165, 1.54) is 25.7 Å². The highest BCUT2D eigenvalue weighted by molar-refractivity contribution is 5.93. The first-order valence-corrected chi connectivity index (χ1v) is 6.32. The van der Waals surface area contributed by atoms with Gasteiger partial charge in [0.15, 0.2) is 0 Å². The van der Waals surface area contributed by atoms with Crippen molar-refractivity contribution < 1.29 is 0 Å². The Kier molecular flexibility index (Phi) is 2.50. The molecule has 0 saturated heterocycles. The molecule has 0 bridgehead atoms. The first-order valence-electron chi connectivity index (χ1n) is 6.32. The van der Waals surface area contributed by atoms with Crippen molar-refractivity contribution in [2.24, 2.45) is 11.7 Å². The topological polar surface area (TPSA) is 66.0 Å². The molecule has 0 spiro atoms. The van der Waals surface area contributed by atoms with Crippen LogP contribution in [0.2, 0.25) is 0 Å². The van der Waals surface area contributed by atoms with Crippen LogP contribution in [0.15, 0.2) is 18.2 Å². The summed E-state index contributed by atoms with van der Waals surface area (Å²) in [5.74, 6) is 1.90. The molecule has 4 heteroatoms. The van der Waals surface area contributed by atoms with E-state index in [1.807, 2.05) is 12.1 Å². The summed E-state index contributed by atoms with van der Waals surface area (Å²) in [6, 6.07) is 6.45. The molecule has 0 aromatic carbocycles. The van der Waals surface area contributed by atoms with Gasteiger partial charge in [-0.05, 0) is 43.7 Å². The summed E-state index contributed by atoms with van der Waals surface area (Å²) in [6.07, 6.45) is 5.27. The summed E-state index contributed by atoms with van der Waals surface area (Å²) in [5, 5.41) is 7.45. The van der Waals surface area contributed by atoms with Crippen LogP contribution in [-0.4, -0.2) is 23.4 Å². The monoisotopic (exact) mass is 230 g/mol. The highest BCUT2D eigenvalue weighted by Crippen LogP contribution is 2.36. The number of hydrogen-bond donors (Lipinski definition) is 2. The first-order chi connectivity index (χ1) is 8.24. The van der Waals surface area contributed by atoms with E-state index in [9.17, 15) is 0 Å². The van der Waals surface area contributed by atoms with Gasteiger partial charge in [0.25, 0.3) is 0 Å². The quantitative estimate of drug-likeness (QED) is 0.598. The molecule has 0 radical (unpaired) electrons. The summed E-state index contributed by atoms with van der Waals surface area (Å²) in [5.41, 5.74) is 6.08. The van der Waals surface area contributed by atoms with Crippen LogP contribution in [0.5, 0.6) is 0 Å². The zero-order valence-electron chi connectivity index (χ0n) is 9.89. The molecule has 0 aliphatic heterocycles. The first kappa shape index (κ1) is 10.6. The minimum atomic E-state index is 0.0500. The van der Waals surface area contributed by atoms with Gasteiger partial charge in [-0.1, -0.05) is 6.07 Å². The second kappa shape index (κ2) is 4.02. The Morgan fingerprint density at radius 2 is 2.12 bits per heavy atom. The Balaban J connectivity index is 1.83. The van der Waals surface area contributed by atoms with Crippen LogP contribution in [-0.2, 0) is 0 Å². The number of pyridine rings is 1. The summed E-state index contributed by atoms with van der Waals surface area (Å²) >= 11 is 0. The van der Waals surface area contributed by atoms with E-state index in [4.69, 9.17) is 11.1 Å². The third-order valence-electron chi connectivity index (χ3n) is 3.44. The maximum atomic E-state index is 7.45. The van der Waals surface area contributed by atoms with E-state index >= 15 is 0 Å². The molecule has 3 N–H and O–H groups in total. The fourth-order valence-corrected chi connectivity index (χ4v) is 2.13. The molecule has 2 aliphatic rings. The van der Waals surface area contributed by atoms with Crippen molar-refractivity contribution in [3.8, 4) is 0 Å². The molecule has 2 fully saturated rings. The highest BCUT2D eigenvalue weighted by Gasteiger charge is 2.34. The number of rotatable bonds is 5. The minimum Gasteiger partial charge on any atom is -0.382 e.